The first kappa shape index (κ1) is 52.6. The molecule has 0 aromatic rings. The summed E-state index contributed by atoms with van der Waals surface area (Å²) in [6.07, 6.45) is 50.0. The second-order valence-electron chi connectivity index (χ2n) is 15.6. The van der Waals surface area contributed by atoms with Crippen LogP contribution >= 0.6 is 0 Å². The molecule has 0 heterocycles. The van der Waals surface area contributed by atoms with Gasteiger partial charge < -0.3 is 14.2 Å². The van der Waals surface area contributed by atoms with E-state index in [1.807, 2.05) is 0 Å². The lowest BCUT2D eigenvalue weighted by atomic mass is 10.1. The second-order valence-corrected chi connectivity index (χ2v) is 15.6. The predicted octanol–water partition coefficient (Wildman–Crippen LogP) is 15.0. The fourth-order valence-corrected chi connectivity index (χ4v) is 6.59. The maximum absolute atomic E-state index is 12.7. The van der Waals surface area contributed by atoms with E-state index in [1.54, 1.807) is 0 Å². The summed E-state index contributed by atoms with van der Waals surface area (Å²) in [5.74, 6) is -0.929. The van der Waals surface area contributed by atoms with E-state index in [-0.39, 0.29) is 31.1 Å². The van der Waals surface area contributed by atoms with Crippen LogP contribution in [0.1, 0.15) is 239 Å². The number of hydrogen-bond donors (Lipinski definition) is 0. The molecule has 6 heteroatoms. The van der Waals surface area contributed by atoms with E-state index < -0.39 is 6.10 Å². The van der Waals surface area contributed by atoms with E-state index in [0.29, 0.717) is 19.3 Å². The minimum atomic E-state index is -0.781. The average Bonchev–Trinajstić information content (AvgIpc) is 3.18. The molecule has 0 aliphatic rings. The molecule has 0 bridgehead atoms. The van der Waals surface area contributed by atoms with Crippen LogP contribution < -0.4 is 0 Å². The van der Waals surface area contributed by atoms with Gasteiger partial charge in [-0.1, -0.05) is 186 Å². The molecule has 0 aromatic heterocycles. The van der Waals surface area contributed by atoms with Gasteiger partial charge in [0, 0.05) is 19.3 Å². The van der Waals surface area contributed by atoms with Crippen molar-refractivity contribution >= 4 is 17.9 Å². The van der Waals surface area contributed by atoms with Crippen molar-refractivity contribution in [3.8, 4) is 0 Å². The van der Waals surface area contributed by atoms with E-state index in [2.05, 4.69) is 57.2 Å². The van der Waals surface area contributed by atoms with Crippen LogP contribution in [0.5, 0.6) is 0 Å². The van der Waals surface area contributed by atoms with Gasteiger partial charge in [0.05, 0.1) is 0 Å². The maximum Gasteiger partial charge on any atom is 0.306 e. The molecule has 0 aromatic carbocycles. The molecule has 0 spiro atoms. The molecule has 6 nitrogen and oxygen atoms in total. The monoisotopic (exact) mass is 773 g/mol. The van der Waals surface area contributed by atoms with Gasteiger partial charge in [-0.3, -0.25) is 14.4 Å². The molecular formula is C49H88O6. The Morgan fingerprint density at radius 1 is 0.382 bits per heavy atom. The Kier molecular flexibility index (Phi) is 42.4. The Balaban J connectivity index is 4.29. The highest BCUT2D eigenvalue weighted by atomic mass is 16.6. The molecule has 0 aliphatic carbocycles. The molecule has 0 saturated heterocycles. The van der Waals surface area contributed by atoms with Crippen molar-refractivity contribution in [1.82, 2.24) is 0 Å². The highest BCUT2D eigenvalue weighted by Gasteiger charge is 2.19. The largest absolute Gasteiger partial charge is 0.462 e. The van der Waals surface area contributed by atoms with Gasteiger partial charge in [-0.25, -0.2) is 0 Å². The van der Waals surface area contributed by atoms with Crippen LogP contribution in [0.4, 0.5) is 0 Å². The zero-order valence-electron chi connectivity index (χ0n) is 36.4. The SMILES string of the molecule is CC/C=C\C/C=C\CCCCC(=O)OCC(COC(=O)CCCCCCC/C=C\CCCCCCCCCCC)OC(=O)CCCCCCCCCCCC. The molecule has 0 amide bonds. The molecule has 320 valence electrons. The standard InChI is InChI=1S/C49H88O6/c1-4-7-10-13-16-19-21-22-23-24-25-26-27-28-31-33-36-39-42-48(51)54-45-46(44-53-47(50)41-38-35-32-29-18-15-12-9-6-3)55-49(52)43-40-37-34-30-20-17-14-11-8-5-2/h9,12,18,25-26,29,46H,4-8,10-11,13-17,19-24,27-28,30-45H2,1-3H3/b12-9-,26-25-,29-18-. The minimum Gasteiger partial charge on any atom is -0.462 e. The van der Waals surface area contributed by atoms with Crippen LogP contribution in [0.15, 0.2) is 36.5 Å². The highest BCUT2D eigenvalue weighted by Crippen LogP contribution is 2.14. The number of allylic oxidation sites excluding steroid dienone is 6. The Morgan fingerprint density at radius 3 is 1.15 bits per heavy atom. The third kappa shape index (κ3) is 42.6. The van der Waals surface area contributed by atoms with Crippen molar-refractivity contribution in [1.29, 1.82) is 0 Å². The first-order chi connectivity index (χ1) is 27.0. The van der Waals surface area contributed by atoms with Gasteiger partial charge in [0.15, 0.2) is 6.10 Å². The third-order valence-corrected chi connectivity index (χ3v) is 10.1. The molecular weight excluding hydrogens is 685 g/mol. The summed E-state index contributed by atoms with van der Waals surface area (Å²) in [7, 11) is 0. The van der Waals surface area contributed by atoms with E-state index in [1.165, 1.54) is 122 Å². The number of carbonyl (C=O) groups excluding carboxylic acids is 3. The number of carbonyl (C=O) groups is 3. The third-order valence-electron chi connectivity index (χ3n) is 10.1. The van der Waals surface area contributed by atoms with Gasteiger partial charge in [-0.15, -0.1) is 0 Å². The normalized spacial score (nSPS) is 12.3. The Hall–Kier alpha value is -2.37. The summed E-state index contributed by atoms with van der Waals surface area (Å²) in [6.45, 7) is 6.46. The molecule has 0 saturated carbocycles. The quantitative estimate of drug-likeness (QED) is 0.0266. The molecule has 1 unspecified atom stereocenters. The average molecular weight is 773 g/mol. The smallest absolute Gasteiger partial charge is 0.306 e. The molecule has 0 N–H and O–H groups in total. The molecule has 0 rings (SSSR count). The van der Waals surface area contributed by atoms with Gasteiger partial charge in [0.25, 0.3) is 0 Å². The van der Waals surface area contributed by atoms with Gasteiger partial charge in [0.1, 0.15) is 13.2 Å². The van der Waals surface area contributed by atoms with Crippen molar-refractivity contribution < 1.29 is 28.6 Å². The number of hydrogen-bond acceptors (Lipinski definition) is 6. The van der Waals surface area contributed by atoms with Crippen LogP contribution in [0.25, 0.3) is 0 Å². The lowest BCUT2D eigenvalue weighted by molar-refractivity contribution is -0.167. The molecule has 0 aliphatic heterocycles. The lowest BCUT2D eigenvalue weighted by Crippen LogP contribution is -2.30. The van der Waals surface area contributed by atoms with Crippen LogP contribution in [0.2, 0.25) is 0 Å². The second kappa shape index (κ2) is 44.3. The van der Waals surface area contributed by atoms with Gasteiger partial charge in [0.2, 0.25) is 0 Å². The van der Waals surface area contributed by atoms with Crippen LogP contribution in [0.3, 0.4) is 0 Å². The number of unbranched alkanes of at least 4 members (excludes halogenated alkanes) is 25. The summed E-state index contributed by atoms with van der Waals surface area (Å²) in [5, 5.41) is 0. The summed E-state index contributed by atoms with van der Waals surface area (Å²) in [4.78, 5) is 37.6. The topological polar surface area (TPSA) is 78.9 Å². The Labute approximate surface area is 340 Å². The summed E-state index contributed by atoms with van der Waals surface area (Å²) < 4.78 is 16.6. The maximum atomic E-state index is 12.7. The van der Waals surface area contributed by atoms with Gasteiger partial charge >= 0.3 is 17.9 Å². The van der Waals surface area contributed by atoms with Crippen molar-refractivity contribution in [3.63, 3.8) is 0 Å². The summed E-state index contributed by atoms with van der Waals surface area (Å²) in [5.41, 5.74) is 0. The summed E-state index contributed by atoms with van der Waals surface area (Å²) in [6, 6.07) is 0. The van der Waals surface area contributed by atoms with Crippen molar-refractivity contribution in [3.05, 3.63) is 36.5 Å². The molecule has 55 heavy (non-hydrogen) atoms. The van der Waals surface area contributed by atoms with Crippen molar-refractivity contribution in [2.75, 3.05) is 13.2 Å². The van der Waals surface area contributed by atoms with E-state index >= 15 is 0 Å². The summed E-state index contributed by atoms with van der Waals surface area (Å²) >= 11 is 0. The lowest BCUT2D eigenvalue weighted by Gasteiger charge is -2.18. The van der Waals surface area contributed by atoms with Gasteiger partial charge in [-0.05, 0) is 70.6 Å². The Morgan fingerprint density at radius 2 is 0.709 bits per heavy atom. The van der Waals surface area contributed by atoms with Gasteiger partial charge in [-0.2, -0.15) is 0 Å². The fourth-order valence-electron chi connectivity index (χ4n) is 6.59. The van der Waals surface area contributed by atoms with E-state index in [9.17, 15) is 14.4 Å². The molecule has 0 fully saturated rings. The molecule has 0 radical (unpaired) electrons. The van der Waals surface area contributed by atoms with E-state index in [4.69, 9.17) is 14.2 Å². The predicted molar refractivity (Wildman–Crippen MR) is 233 cm³/mol. The van der Waals surface area contributed by atoms with Crippen LogP contribution in [-0.2, 0) is 28.6 Å². The van der Waals surface area contributed by atoms with Crippen molar-refractivity contribution in [2.45, 2.75) is 245 Å². The van der Waals surface area contributed by atoms with Crippen LogP contribution in [0, 0.1) is 0 Å². The molecule has 1 atom stereocenters. The van der Waals surface area contributed by atoms with E-state index in [0.717, 1.165) is 77.0 Å². The van der Waals surface area contributed by atoms with Crippen molar-refractivity contribution in [2.24, 2.45) is 0 Å². The Bertz CT molecular complexity index is 938. The minimum absolute atomic E-state index is 0.0848. The number of esters is 3. The zero-order valence-corrected chi connectivity index (χ0v) is 36.4. The highest BCUT2D eigenvalue weighted by molar-refractivity contribution is 5.71. The fraction of sp³-hybridized carbons (Fsp3) is 0.816. The first-order valence-corrected chi connectivity index (χ1v) is 23.5. The zero-order chi connectivity index (χ0) is 40.1. The van der Waals surface area contributed by atoms with Crippen LogP contribution in [-0.4, -0.2) is 37.2 Å². The number of rotatable bonds is 42. The first-order valence-electron chi connectivity index (χ1n) is 23.5. The number of ether oxygens (including phenoxy) is 3.